The molecule has 1 atom stereocenters. The average molecular weight is 283 g/mol. The van der Waals surface area contributed by atoms with E-state index in [1.807, 2.05) is 26.2 Å². The van der Waals surface area contributed by atoms with Crippen molar-refractivity contribution in [1.29, 1.82) is 0 Å². The minimum absolute atomic E-state index is 0.0744. The zero-order valence-corrected chi connectivity index (χ0v) is 12.5. The largest absolute Gasteiger partial charge is 0.444 e. The molecule has 0 fully saturated rings. The number of nitrogens with one attached hydrogen (secondary N) is 1. The summed E-state index contributed by atoms with van der Waals surface area (Å²) in [5.41, 5.74) is 1.73. The summed E-state index contributed by atoms with van der Waals surface area (Å²) in [4.78, 5) is 13.1. The lowest BCUT2D eigenvalue weighted by molar-refractivity contribution is 0.0500. The molecule has 1 amide bonds. The zero-order valence-electron chi connectivity index (χ0n) is 11.7. The van der Waals surface area contributed by atoms with Crippen molar-refractivity contribution in [2.75, 3.05) is 0 Å². The molecule has 0 aromatic carbocycles. The number of rotatable bonds is 2. The Morgan fingerprint density at radius 1 is 1.58 bits per heavy atom. The number of hydrogen-bond acceptors (Lipinski definition) is 4. The maximum absolute atomic E-state index is 11.8. The quantitative estimate of drug-likeness (QED) is 0.877. The molecule has 1 aliphatic rings. The summed E-state index contributed by atoms with van der Waals surface area (Å²) >= 11 is 1.70. The van der Waals surface area contributed by atoms with Crippen molar-refractivity contribution >= 4 is 17.4 Å². The van der Waals surface area contributed by atoms with E-state index in [1.54, 1.807) is 11.3 Å². The van der Waals surface area contributed by atoms with E-state index in [4.69, 9.17) is 4.74 Å². The van der Waals surface area contributed by atoms with Crippen LogP contribution < -0.4 is 5.32 Å². The Balaban J connectivity index is 1.96. The summed E-state index contributed by atoms with van der Waals surface area (Å²) in [5, 5.41) is 14.2. The molecular formula is C14H21NO3S. The average Bonchev–Trinajstić information content (AvgIpc) is 2.68. The van der Waals surface area contributed by atoms with Crippen molar-refractivity contribution < 1.29 is 14.6 Å². The number of amides is 1. The molecule has 0 saturated heterocycles. The van der Waals surface area contributed by atoms with E-state index in [1.165, 1.54) is 10.4 Å². The number of carbonyl (C=O) groups is 1. The van der Waals surface area contributed by atoms with Gasteiger partial charge in [-0.3, -0.25) is 0 Å². The van der Waals surface area contributed by atoms with Gasteiger partial charge in [0.25, 0.3) is 0 Å². The molecule has 1 aromatic rings. The number of aliphatic hydroxyl groups excluding tert-OH is 1. The first-order chi connectivity index (χ1) is 8.89. The Morgan fingerprint density at radius 3 is 2.95 bits per heavy atom. The van der Waals surface area contributed by atoms with Crippen LogP contribution in [-0.2, 0) is 24.2 Å². The molecule has 2 N–H and O–H groups in total. The van der Waals surface area contributed by atoms with Gasteiger partial charge in [-0.2, -0.15) is 0 Å². The summed E-state index contributed by atoms with van der Waals surface area (Å²) in [5.74, 6) is 0. The predicted octanol–water partition coefficient (Wildman–Crippen LogP) is 2.62. The van der Waals surface area contributed by atoms with Gasteiger partial charge < -0.3 is 15.2 Å². The van der Waals surface area contributed by atoms with Crippen molar-refractivity contribution in [1.82, 2.24) is 5.32 Å². The van der Waals surface area contributed by atoms with Crippen molar-refractivity contribution in [2.24, 2.45) is 0 Å². The SMILES string of the molecule is CC(C)(C)OC(=O)NC1CCc2scc(CO)c2C1. The van der Waals surface area contributed by atoms with E-state index in [2.05, 4.69) is 5.32 Å². The van der Waals surface area contributed by atoms with Crippen LogP contribution in [0.15, 0.2) is 5.38 Å². The molecule has 1 aromatic heterocycles. The predicted molar refractivity (Wildman–Crippen MR) is 75.4 cm³/mol. The van der Waals surface area contributed by atoms with Crippen LogP contribution in [-0.4, -0.2) is 22.8 Å². The topological polar surface area (TPSA) is 58.6 Å². The number of ether oxygens (including phenoxy) is 1. The first-order valence-electron chi connectivity index (χ1n) is 6.57. The lowest BCUT2D eigenvalue weighted by Crippen LogP contribution is -2.41. The molecule has 0 radical (unpaired) electrons. The van der Waals surface area contributed by atoms with E-state index < -0.39 is 5.60 Å². The normalized spacial score (nSPS) is 18.8. The van der Waals surface area contributed by atoms with Gasteiger partial charge in [0, 0.05) is 10.9 Å². The number of alkyl carbamates (subject to hydrolysis) is 1. The highest BCUT2D eigenvalue weighted by Gasteiger charge is 2.25. The van der Waals surface area contributed by atoms with Gasteiger partial charge in [-0.1, -0.05) is 0 Å². The number of hydrogen-bond donors (Lipinski definition) is 2. The second kappa shape index (κ2) is 5.51. The van der Waals surface area contributed by atoms with Crippen molar-refractivity contribution in [3.8, 4) is 0 Å². The maximum atomic E-state index is 11.8. The fourth-order valence-corrected chi connectivity index (χ4v) is 3.40. The highest BCUT2D eigenvalue weighted by atomic mass is 32.1. The summed E-state index contributed by atoms with van der Waals surface area (Å²) in [7, 11) is 0. The minimum Gasteiger partial charge on any atom is -0.444 e. The molecule has 0 aliphatic heterocycles. The zero-order chi connectivity index (χ0) is 14.0. The fraction of sp³-hybridized carbons (Fsp3) is 0.643. The summed E-state index contributed by atoms with van der Waals surface area (Å²) in [6.45, 7) is 5.64. The third-order valence-corrected chi connectivity index (χ3v) is 4.27. The van der Waals surface area contributed by atoms with Gasteiger partial charge in [-0.05, 0) is 56.5 Å². The Kier molecular flexibility index (Phi) is 4.16. The smallest absolute Gasteiger partial charge is 0.407 e. The standard InChI is InChI=1S/C14H21NO3S/c1-14(2,3)18-13(17)15-10-4-5-12-11(6-10)9(7-16)8-19-12/h8,10,16H,4-7H2,1-3H3,(H,15,17). The van der Waals surface area contributed by atoms with Crippen LogP contribution >= 0.6 is 11.3 Å². The Hall–Kier alpha value is -1.07. The highest BCUT2D eigenvalue weighted by Crippen LogP contribution is 2.30. The monoisotopic (exact) mass is 283 g/mol. The van der Waals surface area contributed by atoms with E-state index in [9.17, 15) is 9.90 Å². The van der Waals surface area contributed by atoms with E-state index in [-0.39, 0.29) is 18.7 Å². The van der Waals surface area contributed by atoms with Crippen LogP contribution in [0.1, 0.15) is 43.2 Å². The third-order valence-electron chi connectivity index (χ3n) is 3.13. The molecule has 1 heterocycles. The Labute approximate surface area is 117 Å². The van der Waals surface area contributed by atoms with Gasteiger partial charge in [-0.25, -0.2) is 4.79 Å². The molecule has 1 unspecified atom stereocenters. The van der Waals surface area contributed by atoms with Crippen LogP contribution in [0.2, 0.25) is 0 Å². The summed E-state index contributed by atoms with van der Waals surface area (Å²) in [6, 6.07) is 0.0993. The summed E-state index contributed by atoms with van der Waals surface area (Å²) in [6.07, 6.45) is 2.31. The van der Waals surface area contributed by atoms with Gasteiger partial charge >= 0.3 is 6.09 Å². The van der Waals surface area contributed by atoms with Crippen molar-refractivity contribution in [2.45, 2.75) is 58.3 Å². The Morgan fingerprint density at radius 2 is 2.32 bits per heavy atom. The third kappa shape index (κ3) is 3.70. The highest BCUT2D eigenvalue weighted by molar-refractivity contribution is 7.10. The van der Waals surface area contributed by atoms with Crippen molar-refractivity contribution in [3.05, 3.63) is 21.4 Å². The number of thiophene rings is 1. The number of carbonyl (C=O) groups excluding carboxylic acids is 1. The molecule has 0 spiro atoms. The number of fused-ring (bicyclic) bond motifs is 1. The van der Waals surface area contributed by atoms with E-state index >= 15 is 0 Å². The first kappa shape index (κ1) is 14.3. The van der Waals surface area contributed by atoms with E-state index in [0.717, 1.165) is 24.8 Å². The Bertz CT molecular complexity index is 448. The van der Waals surface area contributed by atoms with Gasteiger partial charge in [0.15, 0.2) is 0 Å². The molecule has 5 heteroatoms. The van der Waals surface area contributed by atoms with Crippen LogP contribution in [0, 0.1) is 0 Å². The molecule has 106 valence electrons. The minimum atomic E-state index is -0.470. The lowest BCUT2D eigenvalue weighted by Gasteiger charge is -2.26. The van der Waals surface area contributed by atoms with Gasteiger partial charge in [-0.15, -0.1) is 11.3 Å². The van der Waals surface area contributed by atoms with Gasteiger partial charge in [0.2, 0.25) is 0 Å². The fourth-order valence-electron chi connectivity index (χ4n) is 2.30. The van der Waals surface area contributed by atoms with E-state index in [0.29, 0.717) is 0 Å². The van der Waals surface area contributed by atoms with Gasteiger partial charge in [0.1, 0.15) is 5.60 Å². The maximum Gasteiger partial charge on any atom is 0.407 e. The summed E-state index contributed by atoms with van der Waals surface area (Å²) < 4.78 is 5.27. The molecule has 0 saturated carbocycles. The molecular weight excluding hydrogens is 262 g/mol. The second-order valence-corrected chi connectivity index (χ2v) is 6.87. The molecule has 2 rings (SSSR count). The van der Waals surface area contributed by atoms with Crippen LogP contribution in [0.25, 0.3) is 0 Å². The number of aliphatic hydroxyl groups is 1. The molecule has 1 aliphatic carbocycles. The van der Waals surface area contributed by atoms with Crippen LogP contribution in [0.4, 0.5) is 4.79 Å². The molecule has 0 bridgehead atoms. The first-order valence-corrected chi connectivity index (χ1v) is 7.45. The number of aryl methyl sites for hydroxylation is 1. The van der Waals surface area contributed by atoms with Crippen LogP contribution in [0.3, 0.4) is 0 Å². The molecule has 19 heavy (non-hydrogen) atoms. The van der Waals surface area contributed by atoms with Gasteiger partial charge in [0.05, 0.1) is 6.61 Å². The van der Waals surface area contributed by atoms with Crippen LogP contribution in [0.5, 0.6) is 0 Å². The molecule has 4 nitrogen and oxygen atoms in total. The van der Waals surface area contributed by atoms with Crippen molar-refractivity contribution in [3.63, 3.8) is 0 Å². The second-order valence-electron chi connectivity index (χ2n) is 5.91. The lowest BCUT2D eigenvalue weighted by atomic mass is 9.92.